The smallest absolute Gasteiger partial charge is 0.162 e. The number of alkyl halides is 1. The molecule has 2 nitrogen and oxygen atoms in total. The van der Waals surface area contributed by atoms with Crippen molar-refractivity contribution < 1.29 is 9.47 Å². The van der Waals surface area contributed by atoms with Crippen molar-refractivity contribution in [2.45, 2.75) is 4.83 Å². The maximum absolute atomic E-state index is 6.34. The van der Waals surface area contributed by atoms with Gasteiger partial charge in [0.2, 0.25) is 0 Å². The summed E-state index contributed by atoms with van der Waals surface area (Å²) in [4.78, 5) is 1.23. The molecule has 1 unspecified atom stereocenters. The van der Waals surface area contributed by atoms with Crippen LogP contribution < -0.4 is 9.47 Å². The molecule has 6 heteroatoms. The summed E-state index contributed by atoms with van der Waals surface area (Å²) in [5.74, 6) is 1.47. The third-order valence-electron chi connectivity index (χ3n) is 2.78. The molecule has 2 heterocycles. The highest BCUT2D eigenvalue weighted by atomic mass is 79.9. The SMILES string of the molecule is Clc1cc2c(cc1C(Br)c1ccc(Br)s1)OCCO2. The average Bonchev–Trinajstić information content (AvgIpc) is 2.84. The molecule has 0 N–H and O–H groups in total. The van der Waals surface area contributed by atoms with Crippen molar-refractivity contribution >= 4 is 54.8 Å². The first-order valence-electron chi connectivity index (χ1n) is 5.63. The summed E-state index contributed by atoms with van der Waals surface area (Å²) in [5, 5.41) is 0.677. The third kappa shape index (κ3) is 2.79. The Labute approximate surface area is 136 Å². The van der Waals surface area contributed by atoms with Crippen molar-refractivity contribution in [3.63, 3.8) is 0 Å². The van der Waals surface area contributed by atoms with Gasteiger partial charge in [-0.15, -0.1) is 11.3 Å². The van der Waals surface area contributed by atoms with Crippen LogP contribution in [-0.2, 0) is 0 Å². The molecule has 0 saturated heterocycles. The van der Waals surface area contributed by atoms with E-state index in [4.69, 9.17) is 21.1 Å². The second-order valence-electron chi connectivity index (χ2n) is 4.02. The lowest BCUT2D eigenvalue weighted by Gasteiger charge is -2.21. The van der Waals surface area contributed by atoms with Crippen molar-refractivity contribution in [2.24, 2.45) is 0 Å². The molecule has 0 aliphatic carbocycles. The number of halogens is 3. The Kier molecular flexibility index (Phi) is 4.08. The van der Waals surface area contributed by atoms with Crippen molar-refractivity contribution in [1.82, 2.24) is 0 Å². The first-order valence-corrected chi connectivity index (χ1v) is 8.54. The highest BCUT2D eigenvalue weighted by molar-refractivity contribution is 9.11. The van der Waals surface area contributed by atoms with E-state index in [2.05, 4.69) is 37.9 Å². The molecule has 0 spiro atoms. The Balaban J connectivity index is 2.00. The fourth-order valence-corrected chi connectivity index (χ4v) is 4.52. The molecule has 0 radical (unpaired) electrons. The maximum Gasteiger partial charge on any atom is 0.162 e. The molecule has 19 heavy (non-hydrogen) atoms. The Morgan fingerprint density at radius 1 is 1.16 bits per heavy atom. The first kappa shape index (κ1) is 13.7. The first-order chi connectivity index (χ1) is 9.15. The summed E-state index contributed by atoms with van der Waals surface area (Å²) >= 11 is 15.2. The molecule has 1 aliphatic heterocycles. The van der Waals surface area contributed by atoms with E-state index in [9.17, 15) is 0 Å². The van der Waals surface area contributed by atoms with Gasteiger partial charge in [-0.2, -0.15) is 0 Å². The van der Waals surface area contributed by atoms with Crippen LogP contribution in [0.15, 0.2) is 28.1 Å². The van der Waals surface area contributed by atoms with Gasteiger partial charge >= 0.3 is 0 Å². The summed E-state index contributed by atoms with van der Waals surface area (Å²) in [5.41, 5.74) is 0.986. The molecule has 1 aromatic carbocycles. The van der Waals surface area contributed by atoms with E-state index in [1.54, 1.807) is 11.3 Å². The van der Waals surface area contributed by atoms with Gasteiger partial charge in [0.25, 0.3) is 0 Å². The van der Waals surface area contributed by atoms with Gasteiger partial charge in [0.05, 0.1) is 8.61 Å². The second kappa shape index (κ2) is 5.64. The average molecular weight is 425 g/mol. The fraction of sp³-hybridized carbons (Fsp3) is 0.231. The lowest BCUT2D eigenvalue weighted by Crippen LogP contribution is -2.15. The maximum atomic E-state index is 6.34. The van der Waals surface area contributed by atoms with Crippen LogP contribution in [-0.4, -0.2) is 13.2 Å². The van der Waals surface area contributed by atoms with Crippen LogP contribution in [0.25, 0.3) is 0 Å². The molecule has 0 saturated carbocycles. The molecule has 1 aliphatic rings. The number of hydrogen-bond acceptors (Lipinski definition) is 3. The van der Waals surface area contributed by atoms with E-state index in [0.717, 1.165) is 15.1 Å². The molecule has 100 valence electrons. The van der Waals surface area contributed by atoms with Crippen molar-refractivity contribution in [3.05, 3.63) is 43.5 Å². The van der Waals surface area contributed by atoms with E-state index in [-0.39, 0.29) is 4.83 Å². The molecule has 3 rings (SSSR count). The zero-order valence-electron chi connectivity index (χ0n) is 9.66. The van der Waals surface area contributed by atoms with E-state index in [1.165, 1.54) is 4.88 Å². The molecule has 2 aromatic rings. The molecule has 0 fully saturated rings. The van der Waals surface area contributed by atoms with E-state index < -0.39 is 0 Å². The van der Waals surface area contributed by atoms with Crippen LogP contribution in [0, 0.1) is 0 Å². The highest BCUT2D eigenvalue weighted by Gasteiger charge is 2.21. The van der Waals surface area contributed by atoms with Crippen LogP contribution in [0.1, 0.15) is 15.3 Å². The number of hydrogen-bond donors (Lipinski definition) is 0. The highest BCUT2D eigenvalue weighted by Crippen LogP contribution is 2.44. The minimum atomic E-state index is 0.0483. The van der Waals surface area contributed by atoms with Crippen LogP contribution >= 0.6 is 54.8 Å². The standard InChI is InChI=1S/C13H9Br2ClO2S/c14-12-2-1-11(19-12)13(15)7-5-9-10(6-8(7)16)18-4-3-17-9/h1-2,5-6,13H,3-4H2. The summed E-state index contributed by atoms with van der Waals surface area (Å²) in [6.45, 7) is 1.14. The quantitative estimate of drug-likeness (QED) is 0.600. The molecule has 0 bridgehead atoms. The van der Waals surface area contributed by atoms with Gasteiger partial charge in [-0.05, 0) is 39.7 Å². The van der Waals surface area contributed by atoms with Gasteiger partial charge in [0, 0.05) is 16.0 Å². The van der Waals surface area contributed by atoms with Gasteiger partial charge in [-0.1, -0.05) is 27.5 Å². The lowest BCUT2D eigenvalue weighted by atomic mass is 10.1. The zero-order chi connectivity index (χ0) is 13.4. The van der Waals surface area contributed by atoms with Gasteiger partial charge in [-0.3, -0.25) is 0 Å². The van der Waals surface area contributed by atoms with Crippen LogP contribution in [0.3, 0.4) is 0 Å². The van der Waals surface area contributed by atoms with E-state index >= 15 is 0 Å². The van der Waals surface area contributed by atoms with Crippen LogP contribution in [0.5, 0.6) is 11.5 Å². The van der Waals surface area contributed by atoms with Crippen molar-refractivity contribution in [2.75, 3.05) is 13.2 Å². The predicted octanol–water partition coefficient (Wildman–Crippen LogP) is 5.42. The van der Waals surface area contributed by atoms with E-state index in [1.807, 2.05) is 18.2 Å². The summed E-state index contributed by atoms with van der Waals surface area (Å²) in [6, 6.07) is 7.87. The number of thiophene rings is 1. The number of rotatable bonds is 2. The van der Waals surface area contributed by atoms with Crippen molar-refractivity contribution in [3.8, 4) is 11.5 Å². The predicted molar refractivity (Wildman–Crippen MR) is 85.2 cm³/mol. The van der Waals surface area contributed by atoms with E-state index in [0.29, 0.717) is 24.0 Å². The van der Waals surface area contributed by atoms with Gasteiger partial charge in [-0.25, -0.2) is 0 Å². The van der Waals surface area contributed by atoms with Gasteiger partial charge in [0.15, 0.2) is 11.5 Å². The van der Waals surface area contributed by atoms with Gasteiger partial charge in [0.1, 0.15) is 13.2 Å². The largest absolute Gasteiger partial charge is 0.486 e. The zero-order valence-corrected chi connectivity index (χ0v) is 14.4. The second-order valence-corrected chi connectivity index (χ2v) is 7.84. The number of benzene rings is 1. The Morgan fingerprint density at radius 3 is 2.47 bits per heavy atom. The Morgan fingerprint density at radius 2 is 1.84 bits per heavy atom. The summed E-state index contributed by atoms with van der Waals surface area (Å²) in [6.07, 6.45) is 0. The number of ether oxygens (including phenoxy) is 2. The number of fused-ring (bicyclic) bond motifs is 1. The summed E-state index contributed by atoms with van der Waals surface area (Å²) < 4.78 is 12.2. The topological polar surface area (TPSA) is 18.5 Å². The Bertz CT molecular complexity index is 615. The molecule has 1 atom stereocenters. The fourth-order valence-electron chi connectivity index (χ4n) is 1.89. The monoisotopic (exact) mass is 422 g/mol. The molecular formula is C13H9Br2ClO2S. The minimum absolute atomic E-state index is 0.0483. The minimum Gasteiger partial charge on any atom is -0.486 e. The Hall–Kier alpha value is -0.230. The molecule has 1 aromatic heterocycles. The van der Waals surface area contributed by atoms with Gasteiger partial charge < -0.3 is 9.47 Å². The van der Waals surface area contributed by atoms with Crippen molar-refractivity contribution in [1.29, 1.82) is 0 Å². The van der Waals surface area contributed by atoms with Crippen LogP contribution in [0.4, 0.5) is 0 Å². The lowest BCUT2D eigenvalue weighted by molar-refractivity contribution is 0.171. The molecule has 0 amide bonds. The molecular weight excluding hydrogens is 415 g/mol. The summed E-state index contributed by atoms with van der Waals surface area (Å²) in [7, 11) is 0. The van der Waals surface area contributed by atoms with Crippen LogP contribution in [0.2, 0.25) is 5.02 Å². The third-order valence-corrected chi connectivity index (χ3v) is 6.08. The normalized spacial score (nSPS) is 15.3.